The molecule has 0 radical (unpaired) electrons. The predicted molar refractivity (Wildman–Crippen MR) is 86.6 cm³/mol. The second kappa shape index (κ2) is 6.64. The standard InChI is InChI=1S/C18H23F3N2O/c1-4-23(16-10-14(24)7-8-17(16,2)3)13-6-5-12(11-22)15(9-13)18(19,20)21/h5-6,9,14,16,24H,4,7-8,10H2,1-3H3. The van der Waals surface area contributed by atoms with E-state index in [1.807, 2.05) is 11.8 Å². The fraction of sp³-hybridized carbons (Fsp3) is 0.611. The molecule has 0 saturated heterocycles. The number of nitriles is 1. The van der Waals surface area contributed by atoms with Gasteiger partial charge in [0.25, 0.3) is 0 Å². The third kappa shape index (κ3) is 3.67. The zero-order valence-corrected chi connectivity index (χ0v) is 14.2. The maximum absolute atomic E-state index is 13.2. The van der Waals surface area contributed by atoms with Crippen molar-refractivity contribution in [2.45, 2.75) is 58.4 Å². The first-order valence-electron chi connectivity index (χ1n) is 8.16. The second-order valence-electron chi connectivity index (χ2n) is 7.06. The van der Waals surface area contributed by atoms with Gasteiger partial charge in [0, 0.05) is 18.3 Å². The number of anilines is 1. The number of hydrogen-bond acceptors (Lipinski definition) is 3. The van der Waals surface area contributed by atoms with Gasteiger partial charge in [-0.05, 0) is 49.8 Å². The number of aliphatic hydroxyl groups excluding tert-OH is 1. The highest BCUT2D eigenvalue weighted by atomic mass is 19.4. The van der Waals surface area contributed by atoms with E-state index < -0.39 is 17.8 Å². The largest absolute Gasteiger partial charge is 0.417 e. The molecule has 1 N–H and O–H groups in total. The number of halogens is 3. The average molecular weight is 340 g/mol. The van der Waals surface area contributed by atoms with Gasteiger partial charge in [-0.1, -0.05) is 13.8 Å². The summed E-state index contributed by atoms with van der Waals surface area (Å²) in [4.78, 5) is 1.92. The average Bonchev–Trinajstić information content (AvgIpc) is 2.50. The van der Waals surface area contributed by atoms with Gasteiger partial charge in [0.1, 0.15) is 0 Å². The van der Waals surface area contributed by atoms with Gasteiger partial charge in [-0.25, -0.2) is 0 Å². The van der Waals surface area contributed by atoms with Crippen LogP contribution in [0.5, 0.6) is 0 Å². The lowest BCUT2D eigenvalue weighted by Gasteiger charge is -2.47. The number of rotatable bonds is 3. The molecule has 2 rings (SSSR count). The van der Waals surface area contributed by atoms with Crippen LogP contribution in [0.3, 0.4) is 0 Å². The SMILES string of the molecule is CCN(c1ccc(C#N)c(C(F)(F)F)c1)C1CC(O)CCC1(C)C. The lowest BCUT2D eigenvalue weighted by molar-refractivity contribution is -0.137. The van der Waals surface area contributed by atoms with Crippen molar-refractivity contribution in [1.82, 2.24) is 0 Å². The Morgan fingerprint density at radius 3 is 2.58 bits per heavy atom. The molecule has 3 nitrogen and oxygen atoms in total. The van der Waals surface area contributed by atoms with Crippen LogP contribution in [0.15, 0.2) is 18.2 Å². The molecule has 24 heavy (non-hydrogen) atoms. The van der Waals surface area contributed by atoms with Crippen LogP contribution in [0.1, 0.15) is 51.2 Å². The Hall–Kier alpha value is -1.74. The summed E-state index contributed by atoms with van der Waals surface area (Å²) >= 11 is 0. The third-order valence-corrected chi connectivity index (χ3v) is 5.00. The lowest BCUT2D eigenvalue weighted by atomic mass is 9.71. The molecule has 0 aliphatic heterocycles. The molecule has 0 bridgehead atoms. The van der Waals surface area contributed by atoms with E-state index in [-0.39, 0.29) is 17.0 Å². The fourth-order valence-electron chi connectivity index (χ4n) is 3.57. The Balaban J connectivity index is 2.46. The van der Waals surface area contributed by atoms with E-state index >= 15 is 0 Å². The van der Waals surface area contributed by atoms with Gasteiger partial charge >= 0.3 is 6.18 Å². The highest BCUT2D eigenvalue weighted by molar-refractivity contribution is 5.55. The summed E-state index contributed by atoms with van der Waals surface area (Å²) in [6, 6.07) is 5.40. The van der Waals surface area contributed by atoms with Crippen molar-refractivity contribution < 1.29 is 18.3 Å². The van der Waals surface area contributed by atoms with Gasteiger partial charge in [-0.3, -0.25) is 0 Å². The first-order valence-corrected chi connectivity index (χ1v) is 8.16. The summed E-state index contributed by atoms with van der Waals surface area (Å²) in [5, 5.41) is 19.0. The third-order valence-electron chi connectivity index (χ3n) is 5.00. The minimum Gasteiger partial charge on any atom is -0.393 e. The lowest BCUT2D eigenvalue weighted by Crippen LogP contribution is -2.50. The van der Waals surface area contributed by atoms with Crippen molar-refractivity contribution in [3.8, 4) is 6.07 Å². The molecule has 2 unspecified atom stereocenters. The minimum absolute atomic E-state index is 0.0553. The van der Waals surface area contributed by atoms with Crippen LogP contribution < -0.4 is 4.90 Å². The molecule has 2 atom stereocenters. The van der Waals surface area contributed by atoms with E-state index in [0.717, 1.165) is 12.5 Å². The maximum Gasteiger partial charge on any atom is 0.417 e. The van der Waals surface area contributed by atoms with Gasteiger partial charge in [-0.15, -0.1) is 0 Å². The molecule has 0 aromatic heterocycles. The molecule has 6 heteroatoms. The Kier molecular flexibility index (Phi) is 5.14. The summed E-state index contributed by atoms with van der Waals surface area (Å²) in [7, 11) is 0. The van der Waals surface area contributed by atoms with Gasteiger partial charge in [0.05, 0.1) is 23.3 Å². The Morgan fingerprint density at radius 1 is 1.38 bits per heavy atom. The Bertz CT molecular complexity index is 634. The summed E-state index contributed by atoms with van der Waals surface area (Å²) in [6.07, 6.45) is -2.94. The van der Waals surface area contributed by atoms with E-state index in [1.54, 1.807) is 12.1 Å². The van der Waals surface area contributed by atoms with E-state index in [2.05, 4.69) is 13.8 Å². The van der Waals surface area contributed by atoms with Crippen molar-refractivity contribution in [3.63, 3.8) is 0 Å². The second-order valence-corrected chi connectivity index (χ2v) is 7.06. The molecule has 1 saturated carbocycles. The van der Waals surface area contributed by atoms with Gasteiger partial charge < -0.3 is 10.0 Å². The first kappa shape index (κ1) is 18.6. The zero-order valence-electron chi connectivity index (χ0n) is 14.2. The summed E-state index contributed by atoms with van der Waals surface area (Å²) in [5.41, 5.74) is -0.946. The van der Waals surface area contributed by atoms with E-state index in [4.69, 9.17) is 5.26 Å². The molecular weight excluding hydrogens is 317 g/mol. The predicted octanol–water partition coefficient (Wildman–Crippen LogP) is 4.34. The molecule has 0 heterocycles. The van der Waals surface area contributed by atoms with Gasteiger partial charge in [-0.2, -0.15) is 18.4 Å². The molecule has 1 aliphatic rings. The van der Waals surface area contributed by atoms with E-state index in [9.17, 15) is 18.3 Å². The summed E-state index contributed by atoms with van der Waals surface area (Å²) in [6.45, 7) is 6.59. The Morgan fingerprint density at radius 2 is 2.04 bits per heavy atom. The van der Waals surface area contributed by atoms with Crippen LogP contribution in [-0.4, -0.2) is 23.8 Å². The van der Waals surface area contributed by atoms with Crippen molar-refractivity contribution in [3.05, 3.63) is 29.3 Å². The topological polar surface area (TPSA) is 47.3 Å². The van der Waals surface area contributed by atoms with Crippen molar-refractivity contribution in [2.75, 3.05) is 11.4 Å². The van der Waals surface area contributed by atoms with Crippen LogP contribution in [0.25, 0.3) is 0 Å². The van der Waals surface area contributed by atoms with Crippen molar-refractivity contribution in [1.29, 1.82) is 5.26 Å². The maximum atomic E-state index is 13.2. The van der Waals surface area contributed by atoms with Crippen LogP contribution >= 0.6 is 0 Å². The van der Waals surface area contributed by atoms with Crippen LogP contribution in [-0.2, 0) is 6.18 Å². The molecule has 1 aromatic carbocycles. The Labute approximate surface area is 140 Å². The molecular formula is C18H23F3N2O. The number of benzene rings is 1. The number of aliphatic hydroxyl groups is 1. The minimum atomic E-state index is -4.57. The number of nitrogens with zero attached hydrogens (tertiary/aromatic N) is 2. The number of alkyl halides is 3. The fourth-order valence-corrected chi connectivity index (χ4v) is 3.57. The highest BCUT2D eigenvalue weighted by Crippen LogP contribution is 2.42. The van der Waals surface area contributed by atoms with E-state index in [0.29, 0.717) is 25.1 Å². The summed E-state index contributed by atoms with van der Waals surface area (Å²) < 4.78 is 39.7. The first-order chi connectivity index (χ1) is 11.1. The van der Waals surface area contributed by atoms with Crippen molar-refractivity contribution >= 4 is 5.69 Å². The monoisotopic (exact) mass is 340 g/mol. The molecule has 1 aliphatic carbocycles. The van der Waals surface area contributed by atoms with Crippen LogP contribution in [0.4, 0.5) is 18.9 Å². The molecule has 1 fully saturated rings. The van der Waals surface area contributed by atoms with Crippen molar-refractivity contribution in [2.24, 2.45) is 5.41 Å². The molecule has 0 amide bonds. The van der Waals surface area contributed by atoms with Gasteiger partial charge in [0.2, 0.25) is 0 Å². The normalized spacial score (nSPS) is 23.6. The molecule has 132 valence electrons. The van der Waals surface area contributed by atoms with Crippen LogP contribution in [0.2, 0.25) is 0 Å². The molecule has 0 spiro atoms. The van der Waals surface area contributed by atoms with Crippen LogP contribution in [0, 0.1) is 16.7 Å². The summed E-state index contributed by atoms with van der Waals surface area (Å²) in [5.74, 6) is 0. The number of hydrogen-bond donors (Lipinski definition) is 1. The van der Waals surface area contributed by atoms with E-state index in [1.165, 1.54) is 6.07 Å². The van der Waals surface area contributed by atoms with Gasteiger partial charge in [0.15, 0.2) is 0 Å². The molecule has 1 aromatic rings. The highest BCUT2D eigenvalue weighted by Gasteiger charge is 2.40. The smallest absolute Gasteiger partial charge is 0.393 e. The quantitative estimate of drug-likeness (QED) is 0.890. The zero-order chi connectivity index (χ0) is 18.1.